The summed E-state index contributed by atoms with van der Waals surface area (Å²) in [7, 11) is 2.65. The molecule has 1 aromatic rings. The Bertz CT molecular complexity index is 1160. The fraction of sp³-hybridized carbons (Fsp3) is 0.724. The highest BCUT2D eigenvalue weighted by molar-refractivity contribution is 5.62. The fourth-order valence-electron chi connectivity index (χ4n) is 5.31. The van der Waals surface area contributed by atoms with E-state index in [1.54, 1.807) is 6.08 Å². The molecule has 48 heavy (non-hydrogen) atoms. The Morgan fingerprint density at radius 2 is 1.02 bits per heavy atom. The number of hydrogen-bond acceptors (Lipinski definition) is 19. The lowest BCUT2D eigenvalue weighted by Crippen LogP contribution is -2.62. The normalized spacial score (nSPS) is 40.6. The second-order valence-electron chi connectivity index (χ2n) is 11.4. The van der Waals surface area contributed by atoms with Crippen LogP contribution in [0.2, 0.25) is 0 Å². The third-order valence-electron chi connectivity index (χ3n) is 8.17. The Balaban J connectivity index is 1.42. The molecule has 0 spiro atoms. The highest BCUT2D eigenvalue weighted by atomic mass is 16.7. The van der Waals surface area contributed by atoms with Crippen LogP contribution in [0.25, 0.3) is 6.08 Å². The van der Waals surface area contributed by atoms with Gasteiger partial charge in [-0.2, -0.15) is 0 Å². The molecule has 3 fully saturated rings. The second kappa shape index (κ2) is 17.1. The molecule has 0 bridgehead atoms. The van der Waals surface area contributed by atoms with Crippen molar-refractivity contribution in [2.24, 2.45) is 0 Å². The van der Waals surface area contributed by atoms with E-state index in [1.807, 2.05) is 0 Å². The van der Waals surface area contributed by atoms with Crippen LogP contribution in [0, 0.1) is 0 Å². The molecule has 4 rings (SSSR count). The van der Waals surface area contributed by atoms with E-state index in [2.05, 4.69) is 0 Å². The molecule has 19 nitrogen and oxygen atoms in total. The van der Waals surface area contributed by atoms with E-state index in [-0.39, 0.29) is 23.9 Å². The Morgan fingerprint density at radius 3 is 1.50 bits per heavy atom. The molecule has 15 atom stereocenters. The van der Waals surface area contributed by atoms with Crippen LogP contribution in [0.5, 0.6) is 17.2 Å². The minimum atomic E-state index is -1.80. The molecule has 1 aromatic carbocycles. The molecule has 3 heterocycles. The lowest BCUT2D eigenvalue weighted by atomic mass is 9.98. The quantitative estimate of drug-likeness (QED) is 0.0917. The second-order valence-corrected chi connectivity index (χ2v) is 11.4. The number of aliphatic hydroxyl groups is 11. The summed E-state index contributed by atoms with van der Waals surface area (Å²) in [4.78, 5) is 0. The van der Waals surface area contributed by atoms with Crippen molar-refractivity contribution < 1.29 is 94.1 Å². The molecule has 11 N–H and O–H groups in total. The van der Waals surface area contributed by atoms with Crippen LogP contribution in [0.15, 0.2) is 18.2 Å². The van der Waals surface area contributed by atoms with Gasteiger partial charge in [0, 0.05) is 0 Å². The molecule has 0 unspecified atom stereocenters. The van der Waals surface area contributed by atoms with Crippen molar-refractivity contribution in [2.75, 3.05) is 40.6 Å². The van der Waals surface area contributed by atoms with Crippen LogP contribution < -0.4 is 14.2 Å². The molecule has 0 aliphatic carbocycles. The number of aliphatic hydroxyl groups excluding tert-OH is 11. The lowest BCUT2D eigenvalue weighted by Gasteiger charge is -2.42. The van der Waals surface area contributed by atoms with E-state index in [9.17, 15) is 56.2 Å². The minimum absolute atomic E-state index is 0.0593. The first-order chi connectivity index (χ1) is 22.9. The summed E-state index contributed by atoms with van der Waals surface area (Å²) in [5.41, 5.74) is 0.500. The first-order valence-corrected chi connectivity index (χ1v) is 15.0. The fourth-order valence-corrected chi connectivity index (χ4v) is 5.31. The van der Waals surface area contributed by atoms with Gasteiger partial charge in [0.1, 0.15) is 73.2 Å². The van der Waals surface area contributed by atoms with E-state index < -0.39 is 112 Å². The molecule has 3 saturated heterocycles. The van der Waals surface area contributed by atoms with Gasteiger partial charge >= 0.3 is 0 Å². The van der Waals surface area contributed by atoms with Crippen LogP contribution in [0.4, 0.5) is 0 Å². The zero-order valence-corrected chi connectivity index (χ0v) is 26.0. The Hall–Kier alpha value is -2.28. The Kier molecular flexibility index (Phi) is 13.7. The van der Waals surface area contributed by atoms with Gasteiger partial charge in [-0.3, -0.25) is 0 Å². The van der Waals surface area contributed by atoms with Crippen molar-refractivity contribution in [3.63, 3.8) is 0 Å². The van der Waals surface area contributed by atoms with Crippen molar-refractivity contribution in [1.29, 1.82) is 0 Å². The Labute approximate surface area is 274 Å². The molecular weight excluding hydrogens is 652 g/mol. The summed E-state index contributed by atoms with van der Waals surface area (Å²) in [5, 5.41) is 111. The van der Waals surface area contributed by atoms with Gasteiger partial charge in [-0.05, 0) is 17.7 Å². The third-order valence-corrected chi connectivity index (χ3v) is 8.17. The summed E-state index contributed by atoms with van der Waals surface area (Å²) in [6.45, 7) is -1.98. The zero-order chi connectivity index (χ0) is 35.3. The number of benzene rings is 1. The monoisotopic (exact) mass is 696 g/mol. The van der Waals surface area contributed by atoms with E-state index >= 15 is 0 Å². The van der Waals surface area contributed by atoms with E-state index in [0.717, 1.165) is 0 Å². The van der Waals surface area contributed by atoms with E-state index in [0.29, 0.717) is 5.56 Å². The largest absolute Gasteiger partial charge is 0.493 e. The highest BCUT2D eigenvalue weighted by Crippen LogP contribution is 2.41. The molecule has 3 aliphatic rings. The summed E-state index contributed by atoms with van der Waals surface area (Å²) >= 11 is 0. The topological polar surface area (TPSA) is 296 Å². The molecule has 0 saturated carbocycles. The predicted octanol–water partition coefficient (Wildman–Crippen LogP) is -5.46. The van der Waals surface area contributed by atoms with Gasteiger partial charge in [0.05, 0.1) is 40.6 Å². The average molecular weight is 697 g/mol. The van der Waals surface area contributed by atoms with Gasteiger partial charge in [-0.1, -0.05) is 12.2 Å². The zero-order valence-electron chi connectivity index (χ0n) is 26.0. The van der Waals surface area contributed by atoms with Gasteiger partial charge in [0.25, 0.3) is 0 Å². The molecule has 0 amide bonds. The maximum atomic E-state index is 10.7. The van der Waals surface area contributed by atoms with Crippen molar-refractivity contribution in [3.05, 3.63) is 23.8 Å². The third kappa shape index (κ3) is 8.36. The molecule has 0 aromatic heterocycles. The van der Waals surface area contributed by atoms with Crippen LogP contribution >= 0.6 is 0 Å². The average Bonchev–Trinajstić information content (AvgIpc) is 3.09. The summed E-state index contributed by atoms with van der Waals surface area (Å²) < 4.78 is 43.9. The highest BCUT2D eigenvalue weighted by Gasteiger charge is 2.48. The summed E-state index contributed by atoms with van der Waals surface area (Å²) in [5.74, 6) is 0.125. The molecule has 3 aliphatic heterocycles. The van der Waals surface area contributed by atoms with E-state index in [4.69, 9.17) is 37.9 Å². The molecule has 274 valence electrons. The lowest BCUT2D eigenvalue weighted by molar-refractivity contribution is -0.323. The minimum Gasteiger partial charge on any atom is -0.493 e. The maximum absolute atomic E-state index is 10.7. The van der Waals surface area contributed by atoms with Crippen LogP contribution in [-0.4, -0.2) is 189 Å². The SMILES string of the molecule is COc1cc(C=CCO[C@@H]2O[C@H](CO)[C@@H](O)[C@H](O)[C@H]2O)cc(OC)c1O[C@@H]1O[C@H](CO[C@@H]2O[C@H](CO)[C@@H](O)[C@H](O)[C@H]2O)[C@@H](O)[C@H](O)[C@H]1O. The maximum Gasteiger partial charge on any atom is 0.229 e. The van der Waals surface area contributed by atoms with Gasteiger partial charge in [0.15, 0.2) is 24.1 Å². The summed E-state index contributed by atoms with van der Waals surface area (Å²) in [6, 6.07) is 3.03. The van der Waals surface area contributed by atoms with Crippen molar-refractivity contribution >= 4 is 6.08 Å². The number of hydrogen-bond donors (Lipinski definition) is 11. The predicted molar refractivity (Wildman–Crippen MR) is 155 cm³/mol. The van der Waals surface area contributed by atoms with Gasteiger partial charge in [-0.25, -0.2) is 0 Å². The van der Waals surface area contributed by atoms with Crippen LogP contribution in [0.3, 0.4) is 0 Å². The summed E-state index contributed by atoms with van der Waals surface area (Å²) in [6.07, 6.45) is -20.2. The van der Waals surface area contributed by atoms with Crippen LogP contribution in [0.1, 0.15) is 5.56 Å². The van der Waals surface area contributed by atoms with Gasteiger partial charge < -0.3 is 94.1 Å². The number of rotatable bonds is 13. The van der Waals surface area contributed by atoms with Crippen molar-refractivity contribution in [1.82, 2.24) is 0 Å². The first-order valence-electron chi connectivity index (χ1n) is 15.0. The molecule has 0 radical (unpaired) electrons. The molecule has 19 heteroatoms. The molecular formula is C29H44O19. The van der Waals surface area contributed by atoms with Crippen molar-refractivity contribution in [2.45, 2.75) is 92.1 Å². The smallest absolute Gasteiger partial charge is 0.229 e. The number of ether oxygens (including phenoxy) is 8. The standard InChI is InChI=1S/C29H44O19/c1-41-12-6-11(4-3-5-43-27-23(38)20(35)17(32)14(8-30)45-27)7-13(42-2)26(12)48-29-25(40)22(37)19(34)16(47-29)10-44-28-24(39)21(36)18(33)15(9-31)46-28/h3-4,6-7,14-25,27-40H,5,8-10H2,1-2H3/t14-,15-,16-,17-,18-,19-,20+,21+,22+,23-,24-,25-,27-,28-,29+/m1/s1. The van der Waals surface area contributed by atoms with Crippen molar-refractivity contribution in [3.8, 4) is 17.2 Å². The Morgan fingerprint density at radius 1 is 0.583 bits per heavy atom. The van der Waals surface area contributed by atoms with Gasteiger partial charge in [0.2, 0.25) is 12.0 Å². The van der Waals surface area contributed by atoms with Crippen LogP contribution in [-0.2, 0) is 23.7 Å². The first kappa shape index (κ1) is 38.5. The van der Waals surface area contributed by atoms with E-state index in [1.165, 1.54) is 32.4 Å². The van der Waals surface area contributed by atoms with Gasteiger partial charge in [-0.15, -0.1) is 0 Å². The number of methoxy groups -OCH3 is 2.